The second-order valence-corrected chi connectivity index (χ2v) is 5.90. The van der Waals surface area contributed by atoms with Gasteiger partial charge in [0.1, 0.15) is 0 Å². The first kappa shape index (κ1) is 15.1. The minimum absolute atomic E-state index is 0.552. The molecule has 22 heavy (non-hydrogen) atoms. The van der Waals surface area contributed by atoms with E-state index >= 15 is 0 Å². The van der Waals surface area contributed by atoms with Crippen molar-refractivity contribution < 1.29 is 0 Å². The van der Waals surface area contributed by atoms with Gasteiger partial charge < -0.3 is 4.90 Å². The lowest BCUT2D eigenvalue weighted by Crippen LogP contribution is -2.20. The highest BCUT2D eigenvalue weighted by Crippen LogP contribution is 2.24. The first-order valence-corrected chi connectivity index (χ1v) is 7.74. The van der Waals surface area contributed by atoms with Gasteiger partial charge in [0.05, 0.1) is 34.2 Å². The first-order valence-electron chi connectivity index (χ1n) is 6.98. The Balaban J connectivity index is 1.94. The van der Waals surface area contributed by atoms with Gasteiger partial charge in [0, 0.05) is 25.4 Å². The maximum absolute atomic E-state index is 6.05. The Kier molecular flexibility index (Phi) is 4.46. The number of fused-ring (bicyclic) bond motifs is 1. The number of anilines is 1. The molecule has 0 saturated heterocycles. The van der Waals surface area contributed by atoms with Crippen LogP contribution in [-0.2, 0) is 0 Å². The van der Waals surface area contributed by atoms with Gasteiger partial charge in [-0.2, -0.15) is 0 Å². The van der Waals surface area contributed by atoms with Gasteiger partial charge in [0.2, 0.25) is 0 Å². The van der Waals surface area contributed by atoms with Gasteiger partial charge in [-0.1, -0.05) is 35.3 Å². The number of rotatable bonds is 2. The molecule has 2 aromatic rings. The van der Waals surface area contributed by atoms with E-state index in [0.29, 0.717) is 10.0 Å². The zero-order chi connectivity index (χ0) is 15.5. The van der Waals surface area contributed by atoms with Crippen molar-refractivity contribution in [3.05, 3.63) is 63.9 Å². The molecule has 0 N–H and O–H groups in total. The summed E-state index contributed by atoms with van der Waals surface area (Å²) in [4.78, 5) is 11.1. The van der Waals surface area contributed by atoms with Gasteiger partial charge in [-0.05, 0) is 29.8 Å². The van der Waals surface area contributed by atoms with Crippen molar-refractivity contribution >= 4 is 40.7 Å². The number of likely N-dealkylation sites (N-methyl/N-ethyl adjacent to an activating group) is 1. The molecule has 0 amide bonds. The minimum Gasteiger partial charge on any atom is -0.371 e. The molecule has 0 radical (unpaired) electrons. The van der Waals surface area contributed by atoms with Gasteiger partial charge in [0.25, 0.3) is 0 Å². The molecule has 0 unspecified atom stereocenters. The van der Waals surface area contributed by atoms with Gasteiger partial charge in [-0.15, -0.1) is 0 Å². The highest BCUT2D eigenvalue weighted by Gasteiger charge is 2.14. The van der Waals surface area contributed by atoms with Crippen LogP contribution in [0.25, 0.3) is 6.08 Å². The lowest BCUT2D eigenvalue weighted by atomic mass is 10.1. The predicted molar refractivity (Wildman–Crippen MR) is 94.4 cm³/mol. The SMILES string of the molecule is CN1CCN=C(C=Cc2ccc(Cl)c(Cl)c2)c2ccncc21. The molecule has 3 nitrogen and oxygen atoms in total. The van der Waals surface area contributed by atoms with Crippen LogP contribution in [0.3, 0.4) is 0 Å². The zero-order valence-corrected chi connectivity index (χ0v) is 13.6. The quantitative estimate of drug-likeness (QED) is 0.818. The van der Waals surface area contributed by atoms with Crippen molar-refractivity contribution in [1.29, 1.82) is 0 Å². The standard InChI is InChI=1S/C17H15Cl2N3/c1-22-9-8-21-16(13-6-7-20-11-17(13)22)5-3-12-2-4-14(18)15(19)10-12/h2-7,10-11H,8-9H2,1H3. The van der Waals surface area contributed by atoms with E-state index < -0.39 is 0 Å². The fourth-order valence-corrected chi connectivity index (χ4v) is 2.67. The van der Waals surface area contributed by atoms with Crippen molar-refractivity contribution in [3.8, 4) is 0 Å². The first-order chi connectivity index (χ1) is 10.6. The Hall–Kier alpha value is -1.84. The van der Waals surface area contributed by atoms with E-state index in [1.807, 2.05) is 36.5 Å². The lowest BCUT2D eigenvalue weighted by Gasteiger charge is -2.17. The molecular weight excluding hydrogens is 317 g/mol. The molecule has 1 aromatic heterocycles. The minimum atomic E-state index is 0.552. The van der Waals surface area contributed by atoms with Crippen molar-refractivity contribution in [2.24, 2.45) is 4.99 Å². The Morgan fingerprint density at radius 3 is 2.82 bits per heavy atom. The maximum atomic E-state index is 6.05. The number of pyridine rings is 1. The number of aliphatic imine (C=N–C) groups is 1. The number of hydrogen-bond acceptors (Lipinski definition) is 3. The van der Waals surface area contributed by atoms with Crippen LogP contribution in [0.1, 0.15) is 11.1 Å². The van der Waals surface area contributed by atoms with E-state index in [4.69, 9.17) is 23.2 Å². The third-order valence-electron chi connectivity index (χ3n) is 3.58. The number of nitrogens with zero attached hydrogens (tertiary/aromatic N) is 3. The zero-order valence-electron chi connectivity index (χ0n) is 12.1. The Labute approximate surface area is 139 Å². The number of halogens is 2. The topological polar surface area (TPSA) is 28.5 Å². The third kappa shape index (κ3) is 3.16. The molecule has 112 valence electrons. The van der Waals surface area contributed by atoms with E-state index in [1.54, 1.807) is 12.3 Å². The van der Waals surface area contributed by atoms with Crippen LogP contribution >= 0.6 is 23.2 Å². The molecule has 2 heterocycles. The van der Waals surface area contributed by atoms with Crippen molar-refractivity contribution in [2.75, 3.05) is 25.0 Å². The highest BCUT2D eigenvalue weighted by molar-refractivity contribution is 6.42. The largest absolute Gasteiger partial charge is 0.371 e. The highest BCUT2D eigenvalue weighted by atomic mass is 35.5. The van der Waals surface area contributed by atoms with Crippen LogP contribution in [0.2, 0.25) is 10.0 Å². The summed E-state index contributed by atoms with van der Waals surface area (Å²) >= 11 is 12.0. The molecule has 0 aliphatic carbocycles. The molecule has 0 atom stereocenters. The molecule has 0 saturated carbocycles. The summed E-state index contributed by atoms with van der Waals surface area (Å²) in [6, 6.07) is 7.57. The van der Waals surface area contributed by atoms with Crippen LogP contribution < -0.4 is 4.90 Å². The average molecular weight is 332 g/mol. The Bertz CT molecular complexity index is 753. The van der Waals surface area contributed by atoms with Crippen LogP contribution in [-0.4, -0.2) is 30.8 Å². The van der Waals surface area contributed by atoms with Crippen LogP contribution in [0.15, 0.2) is 47.7 Å². The molecule has 1 aromatic carbocycles. The van der Waals surface area contributed by atoms with Gasteiger partial charge in [0.15, 0.2) is 0 Å². The molecule has 1 aliphatic heterocycles. The van der Waals surface area contributed by atoms with Gasteiger partial charge in [-0.25, -0.2) is 0 Å². The summed E-state index contributed by atoms with van der Waals surface area (Å²) in [6.45, 7) is 1.63. The molecule has 0 fully saturated rings. The second-order valence-electron chi connectivity index (χ2n) is 5.09. The monoisotopic (exact) mass is 331 g/mol. The fourth-order valence-electron chi connectivity index (χ4n) is 2.37. The average Bonchev–Trinajstić information content (AvgIpc) is 2.68. The summed E-state index contributed by atoms with van der Waals surface area (Å²) in [5.74, 6) is 0. The van der Waals surface area contributed by atoms with E-state index in [9.17, 15) is 0 Å². The third-order valence-corrected chi connectivity index (χ3v) is 4.32. The van der Waals surface area contributed by atoms with Crippen molar-refractivity contribution in [1.82, 2.24) is 4.98 Å². The molecule has 3 rings (SSSR count). The molecule has 5 heteroatoms. The summed E-state index contributed by atoms with van der Waals surface area (Å²) in [5.41, 5.74) is 4.13. The second kappa shape index (κ2) is 6.51. The van der Waals surface area contributed by atoms with E-state index in [2.05, 4.69) is 21.9 Å². The fraction of sp³-hybridized carbons (Fsp3) is 0.176. The summed E-state index contributed by atoms with van der Waals surface area (Å²) in [6.07, 6.45) is 7.68. The van der Waals surface area contributed by atoms with Crippen LogP contribution in [0.5, 0.6) is 0 Å². The van der Waals surface area contributed by atoms with E-state index in [-0.39, 0.29) is 0 Å². The van der Waals surface area contributed by atoms with Crippen LogP contribution in [0, 0.1) is 0 Å². The summed E-state index contributed by atoms with van der Waals surface area (Å²) in [7, 11) is 2.06. The Morgan fingerprint density at radius 1 is 1.14 bits per heavy atom. The van der Waals surface area contributed by atoms with Gasteiger partial charge >= 0.3 is 0 Å². The molecule has 0 spiro atoms. The number of benzene rings is 1. The predicted octanol–water partition coefficient (Wildman–Crippen LogP) is 4.34. The smallest absolute Gasteiger partial charge is 0.0669 e. The molecular formula is C17H15Cl2N3. The van der Waals surface area contributed by atoms with E-state index in [0.717, 1.165) is 35.6 Å². The van der Waals surface area contributed by atoms with Crippen molar-refractivity contribution in [3.63, 3.8) is 0 Å². The summed E-state index contributed by atoms with van der Waals surface area (Å²) < 4.78 is 0. The Morgan fingerprint density at radius 2 is 2.00 bits per heavy atom. The number of allylic oxidation sites excluding steroid dienone is 1. The lowest BCUT2D eigenvalue weighted by molar-refractivity contribution is 0.894. The van der Waals surface area contributed by atoms with Crippen LogP contribution in [0.4, 0.5) is 5.69 Å². The normalized spacial score (nSPS) is 14.7. The van der Waals surface area contributed by atoms with E-state index in [1.165, 1.54) is 0 Å². The number of aromatic nitrogens is 1. The summed E-state index contributed by atoms with van der Waals surface area (Å²) in [5, 5.41) is 1.11. The maximum Gasteiger partial charge on any atom is 0.0669 e. The van der Waals surface area contributed by atoms with Gasteiger partial charge in [-0.3, -0.25) is 9.98 Å². The number of hydrogen-bond donors (Lipinski definition) is 0. The van der Waals surface area contributed by atoms with Crippen molar-refractivity contribution in [2.45, 2.75) is 0 Å². The molecule has 1 aliphatic rings. The molecule has 0 bridgehead atoms.